The average molecular weight is 425 g/mol. The van der Waals surface area contributed by atoms with Gasteiger partial charge in [-0.25, -0.2) is 8.78 Å². The lowest BCUT2D eigenvalue weighted by Crippen LogP contribution is -2.33. The summed E-state index contributed by atoms with van der Waals surface area (Å²) >= 11 is 11.9. The maximum absolute atomic E-state index is 13.1. The Labute approximate surface area is 167 Å². The lowest BCUT2D eigenvalue weighted by atomic mass is 10.1. The number of amides is 2. The molecule has 0 spiro atoms. The number of nitrogens with zero attached hydrogens (tertiary/aromatic N) is 1. The molecule has 0 radical (unpaired) electrons. The van der Waals surface area contributed by atoms with Crippen molar-refractivity contribution in [2.24, 2.45) is 0 Å². The van der Waals surface area contributed by atoms with E-state index >= 15 is 0 Å². The van der Waals surface area contributed by atoms with E-state index in [-0.39, 0.29) is 11.4 Å². The number of halogens is 4. The van der Waals surface area contributed by atoms with Crippen LogP contribution in [0.1, 0.15) is 10.4 Å². The van der Waals surface area contributed by atoms with Gasteiger partial charge in [0.15, 0.2) is 5.82 Å². The molecule has 3 aromatic rings. The normalized spacial score (nSPS) is 10.6. The smallest absolute Gasteiger partial charge is 0.251 e. The van der Waals surface area contributed by atoms with Crippen LogP contribution in [-0.2, 0) is 4.79 Å². The summed E-state index contributed by atoms with van der Waals surface area (Å²) in [6.07, 6.45) is 0. The number of aromatic nitrogens is 2. The number of anilines is 1. The summed E-state index contributed by atoms with van der Waals surface area (Å²) in [5, 5.41) is 12.3. The maximum Gasteiger partial charge on any atom is 0.251 e. The highest BCUT2D eigenvalue weighted by Crippen LogP contribution is 2.27. The minimum Gasteiger partial charge on any atom is -0.343 e. The number of benzene rings is 2. The van der Waals surface area contributed by atoms with Crippen LogP contribution in [0.2, 0.25) is 10.0 Å². The minimum absolute atomic E-state index is 0.210. The molecular formula is C18H12Cl2F2N4O2. The summed E-state index contributed by atoms with van der Waals surface area (Å²) in [7, 11) is 0. The van der Waals surface area contributed by atoms with Crippen molar-refractivity contribution >= 4 is 40.8 Å². The van der Waals surface area contributed by atoms with Crippen molar-refractivity contribution in [2.75, 3.05) is 11.9 Å². The monoisotopic (exact) mass is 424 g/mol. The molecule has 2 amide bonds. The molecule has 0 unspecified atom stereocenters. The molecule has 1 heterocycles. The van der Waals surface area contributed by atoms with E-state index in [1.165, 1.54) is 0 Å². The first kappa shape index (κ1) is 19.8. The molecule has 0 aliphatic carbocycles. The highest BCUT2D eigenvalue weighted by Gasteiger charge is 2.12. The van der Waals surface area contributed by atoms with Gasteiger partial charge < -0.3 is 10.6 Å². The summed E-state index contributed by atoms with van der Waals surface area (Å²) < 4.78 is 26.3. The molecule has 0 atom stereocenters. The molecule has 0 fully saturated rings. The fourth-order valence-corrected chi connectivity index (χ4v) is 2.90. The highest BCUT2D eigenvalue weighted by molar-refractivity contribution is 6.35. The Bertz CT molecular complexity index is 1020. The molecule has 1 aromatic heterocycles. The van der Waals surface area contributed by atoms with E-state index < -0.39 is 30.0 Å². The molecule has 3 N–H and O–H groups in total. The largest absolute Gasteiger partial charge is 0.343 e. The summed E-state index contributed by atoms with van der Waals surface area (Å²) in [5.74, 6) is -2.93. The Hall–Kier alpha value is -2.97. The molecule has 3 rings (SSSR count). The number of rotatable bonds is 5. The fourth-order valence-electron chi connectivity index (χ4n) is 2.38. The van der Waals surface area contributed by atoms with Crippen LogP contribution in [0.15, 0.2) is 42.5 Å². The number of nitrogens with one attached hydrogen (secondary N) is 3. The van der Waals surface area contributed by atoms with E-state index in [4.69, 9.17) is 23.2 Å². The lowest BCUT2D eigenvalue weighted by molar-refractivity contribution is -0.115. The second-order valence-electron chi connectivity index (χ2n) is 5.71. The predicted octanol–water partition coefficient (Wildman–Crippen LogP) is 4.03. The molecule has 6 nitrogen and oxygen atoms in total. The van der Waals surface area contributed by atoms with E-state index in [1.54, 1.807) is 24.3 Å². The van der Waals surface area contributed by atoms with Gasteiger partial charge in [-0.2, -0.15) is 5.10 Å². The minimum atomic E-state index is -0.889. The zero-order chi connectivity index (χ0) is 20.3. The van der Waals surface area contributed by atoms with Crippen LogP contribution < -0.4 is 10.6 Å². The number of hydrogen-bond acceptors (Lipinski definition) is 3. The summed E-state index contributed by atoms with van der Waals surface area (Å²) in [6.45, 7) is -0.415. The van der Waals surface area contributed by atoms with E-state index in [0.717, 1.165) is 12.1 Å². The SMILES string of the molecule is O=C(CNC(=O)c1cc(F)cc(F)c1)Nc1cc(-c2cc(Cl)cc(Cl)c2)[nH]n1. The number of H-pyrrole nitrogens is 1. The van der Waals surface area contributed by atoms with Crippen LogP contribution in [0.3, 0.4) is 0 Å². The number of carbonyl (C=O) groups is 2. The number of hydrogen-bond donors (Lipinski definition) is 3. The fraction of sp³-hybridized carbons (Fsp3) is 0.0556. The Morgan fingerprint density at radius 3 is 2.25 bits per heavy atom. The van der Waals surface area contributed by atoms with Crippen LogP contribution in [0.4, 0.5) is 14.6 Å². The van der Waals surface area contributed by atoms with Crippen LogP contribution in [0.5, 0.6) is 0 Å². The quantitative estimate of drug-likeness (QED) is 0.577. The van der Waals surface area contributed by atoms with Crippen molar-refractivity contribution in [2.45, 2.75) is 0 Å². The van der Waals surface area contributed by atoms with Crippen molar-refractivity contribution in [1.82, 2.24) is 15.5 Å². The second-order valence-corrected chi connectivity index (χ2v) is 6.59. The molecule has 0 aliphatic heterocycles. The molecule has 0 saturated carbocycles. The highest BCUT2D eigenvalue weighted by atomic mass is 35.5. The lowest BCUT2D eigenvalue weighted by Gasteiger charge is -2.05. The molecule has 0 bridgehead atoms. The van der Waals surface area contributed by atoms with Gasteiger partial charge in [0.1, 0.15) is 11.6 Å². The molecule has 10 heteroatoms. The maximum atomic E-state index is 13.1. The first-order chi connectivity index (χ1) is 13.3. The van der Waals surface area contributed by atoms with Crippen molar-refractivity contribution in [1.29, 1.82) is 0 Å². The molecular weight excluding hydrogens is 413 g/mol. The van der Waals surface area contributed by atoms with E-state index in [9.17, 15) is 18.4 Å². The van der Waals surface area contributed by atoms with Gasteiger partial charge in [0.05, 0.1) is 12.2 Å². The third kappa shape index (κ3) is 5.05. The van der Waals surface area contributed by atoms with Gasteiger partial charge in [0.2, 0.25) is 5.91 Å². The van der Waals surface area contributed by atoms with E-state index in [2.05, 4.69) is 20.8 Å². The summed E-state index contributed by atoms with van der Waals surface area (Å²) in [5.41, 5.74) is 1.01. The molecule has 144 valence electrons. The summed E-state index contributed by atoms with van der Waals surface area (Å²) in [6, 6.07) is 8.86. The van der Waals surface area contributed by atoms with Crippen molar-refractivity contribution < 1.29 is 18.4 Å². The Balaban J connectivity index is 1.59. The third-order valence-electron chi connectivity index (χ3n) is 3.55. The Morgan fingerprint density at radius 1 is 0.964 bits per heavy atom. The molecule has 0 saturated heterocycles. The zero-order valence-corrected chi connectivity index (χ0v) is 15.5. The van der Waals surface area contributed by atoms with E-state index in [1.807, 2.05) is 0 Å². The van der Waals surface area contributed by atoms with Crippen LogP contribution in [-0.4, -0.2) is 28.6 Å². The van der Waals surface area contributed by atoms with Gasteiger partial charge >= 0.3 is 0 Å². The van der Waals surface area contributed by atoms with Gasteiger partial charge in [-0.1, -0.05) is 23.2 Å². The number of aromatic amines is 1. The first-order valence-electron chi connectivity index (χ1n) is 7.86. The predicted molar refractivity (Wildman–Crippen MR) is 101 cm³/mol. The van der Waals surface area contributed by atoms with Crippen LogP contribution >= 0.6 is 23.2 Å². The topological polar surface area (TPSA) is 86.9 Å². The standard InChI is InChI=1S/C18H12Cl2F2N4O2/c19-11-1-9(2-12(20)5-11)15-7-16(26-25-15)24-17(27)8-23-18(28)10-3-13(21)6-14(22)4-10/h1-7H,8H2,(H,23,28)(H2,24,25,26,27). The van der Waals surface area contributed by atoms with Gasteiger partial charge in [-0.05, 0) is 30.3 Å². The van der Waals surface area contributed by atoms with Gasteiger partial charge in [0, 0.05) is 33.3 Å². The molecule has 28 heavy (non-hydrogen) atoms. The van der Waals surface area contributed by atoms with Crippen molar-refractivity contribution in [3.63, 3.8) is 0 Å². The molecule has 0 aliphatic rings. The second kappa shape index (κ2) is 8.37. The Morgan fingerprint density at radius 2 is 1.61 bits per heavy atom. The first-order valence-corrected chi connectivity index (χ1v) is 8.62. The Kier molecular flexibility index (Phi) is 5.91. The molecule has 2 aromatic carbocycles. The van der Waals surface area contributed by atoms with E-state index in [0.29, 0.717) is 27.4 Å². The van der Waals surface area contributed by atoms with Crippen molar-refractivity contribution in [3.05, 3.63) is 69.7 Å². The third-order valence-corrected chi connectivity index (χ3v) is 3.99. The van der Waals surface area contributed by atoms with Gasteiger partial charge in [0.25, 0.3) is 5.91 Å². The van der Waals surface area contributed by atoms with Gasteiger partial charge in [-0.3, -0.25) is 14.7 Å². The van der Waals surface area contributed by atoms with Crippen LogP contribution in [0.25, 0.3) is 11.3 Å². The summed E-state index contributed by atoms with van der Waals surface area (Å²) in [4.78, 5) is 23.9. The van der Waals surface area contributed by atoms with Gasteiger partial charge in [-0.15, -0.1) is 0 Å². The zero-order valence-electron chi connectivity index (χ0n) is 14.0. The average Bonchev–Trinajstić information content (AvgIpc) is 3.06. The number of carbonyl (C=O) groups excluding carboxylic acids is 2. The van der Waals surface area contributed by atoms with Crippen LogP contribution in [0, 0.1) is 11.6 Å². The van der Waals surface area contributed by atoms with Crippen molar-refractivity contribution in [3.8, 4) is 11.3 Å².